The van der Waals surface area contributed by atoms with Gasteiger partial charge in [-0.05, 0) is 19.8 Å². The van der Waals surface area contributed by atoms with Crippen molar-refractivity contribution in [3.05, 3.63) is 16.3 Å². The van der Waals surface area contributed by atoms with Crippen LogP contribution in [0.1, 0.15) is 31.5 Å². The van der Waals surface area contributed by atoms with Crippen molar-refractivity contribution < 1.29 is 4.79 Å². The second-order valence-electron chi connectivity index (χ2n) is 4.04. The minimum absolute atomic E-state index is 0.155. The third kappa shape index (κ3) is 1.80. The predicted molar refractivity (Wildman–Crippen MR) is 57.6 cm³/mol. The van der Waals surface area contributed by atoms with Gasteiger partial charge in [-0.2, -0.15) is 4.68 Å². The van der Waals surface area contributed by atoms with Gasteiger partial charge < -0.3 is 11.2 Å². The van der Waals surface area contributed by atoms with Crippen molar-refractivity contribution in [2.24, 2.45) is 0 Å². The Labute approximate surface area is 92.2 Å². The summed E-state index contributed by atoms with van der Waals surface area (Å²) in [6.45, 7) is 1.57. The van der Waals surface area contributed by atoms with Crippen molar-refractivity contribution in [3.63, 3.8) is 0 Å². The summed E-state index contributed by atoms with van der Waals surface area (Å²) in [5.41, 5.74) is -0.618. The fourth-order valence-corrected chi connectivity index (χ4v) is 1.91. The summed E-state index contributed by atoms with van der Waals surface area (Å²) in [5, 5.41) is 6.55. The molecule has 1 aliphatic carbocycles. The van der Waals surface area contributed by atoms with Gasteiger partial charge in [0, 0.05) is 6.04 Å². The molecule has 7 nitrogen and oxygen atoms in total. The maximum Gasteiger partial charge on any atom is 0.373 e. The van der Waals surface area contributed by atoms with Gasteiger partial charge in [-0.15, -0.1) is 9.78 Å². The lowest BCUT2D eigenvalue weighted by atomic mass is 10.3. The minimum atomic E-state index is -0.618. The highest BCUT2D eigenvalue weighted by Gasteiger charge is 2.20. The Kier molecular flexibility index (Phi) is 2.67. The molecular weight excluding hydrogens is 210 g/mol. The molecule has 0 aliphatic heterocycles. The van der Waals surface area contributed by atoms with Crippen LogP contribution in [0, 0.1) is 6.92 Å². The fourth-order valence-electron chi connectivity index (χ4n) is 1.91. The van der Waals surface area contributed by atoms with Crippen LogP contribution >= 0.6 is 0 Å². The number of hydrogen-bond donors (Lipinski definition) is 2. The zero-order valence-corrected chi connectivity index (χ0v) is 9.14. The van der Waals surface area contributed by atoms with Gasteiger partial charge in [-0.25, -0.2) is 9.59 Å². The van der Waals surface area contributed by atoms with Crippen LogP contribution in [0.15, 0.2) is 4.79 Å². The van der Waals surface area contributed by atoms with E-state index in [4.69, 9.17) is 5.84 Å². The molecule has 0 radical (unpaired) electrons. The maximum absolute atomic E-state index is 11.7. The molecule has 2 rings (SSSR count). The molecule has 3 N–H and O–H groups in total. The molecule has 1 aliphatic rings. The molecule has 0 bridgehead atoms. The van der Waals surface area contributed by atoms with Crippen molar-refractivity contribution in [1.29, 1.82) is 0 Å². The molecular formula is C9H15N5O2. The number of hydrogen-bond acceptors (Lipinski definition) is 4. The van der Waals surface area contributed by atoms with E-state index in [1.165, 1.54) is 0 Å². The van der Waals surface area contributed by atoms with Crippen molar-refractivity contribution in [2.75, 3.05) is 5.84 Å². The number of nitrogens with two attached hydrogens (primary N) is 1. The zero-order chi connectivity index (χ0) is 11.7. The summed E-state index contributed by atoms with van der Waals surface area (Å²) in [7, 11) is 0. The highest BCUT2D eigenvalue weighted by molar-refractivity contribution is 5.75. The van der Waals surface area contributed by atoms with E-state index in [2.05, 4.69) is 10.4 Å². The van der Waals surface area contributed by atoms with E-state index in [1.807, 2.05) is 0 Å². The molecule has 0 spiro atoms. The average Bonchev–Trinajstić information content (AvgIpc) is 2.83. The van der Waals surface area contributed by atoms with Crippen LogP contribution in [0.3, 0.4) is 0 Å². The van der Waals surface area contributed by atoms with E-state index in [-0.39, 0.29) is 6.04 Å². The molecule has 16 heavy (non-hydrogen) atoms. The van der Waals surface area contributed by atoms with Crippen LogP contribution in [0.25, 0.3) is 0 Å². The normalized spacial score (nSPS) is 16.6. The molecule has 1 aromatic rings. The summed E-state index contributed by atoms with van der Waals surface area (Å²) in [6, 6.07) is -0.341. The zero-order valence-electron chi connectivity index (χ0n) is 9.14. The first-order valence-corrected chi connectivity index (χ1v) is 5.34. The Hall–Kier alpha value is -1.79. The Balaban J connectivity index is 2.14. The van der Waals surface area contributed by atoms with Crippen LogP contribution in [-0.2, 0) is 0 Å². The first-order valence-electron chi connectivity index (χ1n) is 5.34. The molecule has 7 heteroatoms. The highest BCUT2D eigenvalue weighted by Crippen LogP contribution is 2.17. The Morgan fingerprint density at radius 2 is 2.12 bits per heavy atom. The van der Waals surface area contributed by atoms with E-state index in [0.29, 0.717) is 5.82 Å². The third-order valence-corrected chi connectivity index (χ3v) is 2.86. The Bertz CT molecular complexity index is 455. The van der Waals surface area contributed by atoms with Gasteiger partial charge in [0.25, 0.3) is 0 Å². The van der Waals surface area contributed by atoms with Crippen LogP contribution in [0.5, 0.6) is 0 Å². The van der Waals surface area contributed by atoms with Crippen LogP contribution in [-0.4, -0.2) is 26.5 Å². The van der Waals surface area contributed by atoms with Gasteiger partial charge in [0.1, 0.15) is 0 Å². The van der Waals surface area contributed by atoms with Crippen molar-refractivity contribution in [2.45, 2.75) is 38.6 Å². The lowest BCUT2D eigenvalue weighted by molar-refractivity contribution is 0.234. The lowest BCUT2D eigenvalue weighted by Gasteiger charge is -2.10. The number of carbonyl (C=O) groups is 1. The molecule has 88 valence electrons. The van der Waals surface area contributed by atoms with Gasteiger partial charge in [0.15, 0.2) is 5.82 Å². The van der Waals surface area contributed by atoms with Crippen LogP contribution < -0.4 is 16.8 Å². The molecule has 1 fully saturated rings. The Morgan fingerprint density at radius 3 is 2.62 bits per heavy atom. The average molecular weight is 225 g/mol. The van der Waals surface area contributed by atoms with E-state index in [0.717, 1.165) is 35.0 Å². The van der Waals surface area contributed by atoms with Crippen molar-refractivity contribution >= 4 is 6.03 Å². The number of aromatic nitrogens is 3. The predicted octanol–water partition coefficient (Wildman–Crippen LogP) is -0.433. The van der Waals surface area contributed by atoms with Crippen molar-refractivity contribution in [3.8, 4) is 0 Å². The van der Waals surface area contributed by atoms with Gasteiger partial charge in [-0.1, -0.05) is 12.8 Å². The number of aryl methyl sites for hydroxylation is 1. The van der Waals surface area contributed by atoms with Crippen LogP contribution in [0.4, 0.5) is 4.79 Å². The molecule has 1 saturated carbocycles. The maximum atomic E-state index is 11.7. The van der Waals surface area contributed by atoms with Crippen molar-refractivity contribution in [1.82, 2.24) is 19.8 Å². The lowest BCUT2D eigenvalue weighted by Crippen LogP contribution is -2.42. The molecule has 0 unspecified atom stereocenters. The molecule has 1 heterocycles. The van der Waals surface area contributed by atoms with Gasteiger partial charge in [-0.3, -0.25) is 0 Å². The molecule has 1 aromatic heterocycles. The summed E-state index contributed by atoms with van der Waals surface area (Å²) in [6.07, 6.45) is 4.15. The van der Waals surface area contributed by atoms with Gasteiger partial charge in [0.2, 0.25) is 0 Å². The van der Waals surface area contributed by atoms with Gasteiger partial charge >= 0.3 is 11.7 Å². The molecule has 0 saturated heterocycles. The summed E-state index contributed by atoms with van der Waals surface area (Å²) < 4.78 is 1.63. The SMILES string of the molecule is Cc1nn(C(=O)NC2CCCC2)c(=O)n1N. The third-order valence-electron chi connectivity index (χ3n) is 2.86. The number of rotatable bonds is 1. The molecule has 1 amide bonds. The number of amides is 1. The summed E-state index contributed by atoms with van der Waals surface area (Å²) in [4.78, 5) is 23.2. The molecule has 0 atom stereocenters. The number of nitrogens with zero attached hydrogens (tertiary/aromatic N) is 3. The number of carbonyl (C=O) groups excluding carboxylic acids is 1. The van der Waals surface area contributed by atoms with E-state index in [9.17, 15) is 9.59 Å². The number of nitrogen functional groups attached to an aromatic ring is 1. The molecule has 0 aromatic carbocycles. The topological polar surface area (TPSA) is 94.9 Å². The first-order chi connectivity index (χ1) is 7.59. The quantitative estimate of drug-likeness (QED) is 0.634. The standard InChI is InChI=1S/C9H15N5O2/c1-6-12-14(9(16)13(6)10)8(15)11-7-4-2-3-5-7/h7H,2-5,10H2,1H3,(H,11,15). The second-order valence-corrected chi connectivity index (χ2v) is 4.04. The summed E-state index contributed by atoms with van der Waals surface area (Å²) >= 11 is 0. The van der Waals surface area contributed by atoms with Crippen LogP contribution in [0.2, 0.25) is 0 Å². The van der Waals surface area contributed by atoms with E-state index >= 15 is 0 Å². The first kappa shape index (κ1) is 10.7. The minimum Gasteiger partial charge on any atom is -0.333 e. The Morgan fingerprint density at radius 1 is 1.50 bits per heavy atom. The smallest absolute Gasteiger partial charge is 0.333 e. The second kappa shape index (κ2) is 3.99. The summed E-state index contributed by atoms with van der Waals surface area (Å²) in [5.74, 6) is 5.70. The monoisotopic (exact) mass is 225 g/mol. The largest absolute Gasteiger partial charge is 0.373 e. The highest BCUT2D eigenvalue weighted by atomic mass is 16.2. The fraction of sp³-hybridized carbons (Fsp3) is 0.667. The van der Waals surface area contributed by atoms with E-state index < -0.39 is 11.7 Å². The van der Waals surface area contributed by atoms with E-state index in [1.54, 1.807) is 6.92 Å². The number of nitrogens with one attached hydrogen (secondary N) is 1. The van der Waals surface area contributed by atoms with Gasteiger partial charge in [0.05, 0.1) is 0 Å².